The lowest BCUT2D eigenvalue weighted by atomic mass is 10.0. The number of unbranched alkanes of at least 4 members (excludes halogenated alkanes) is 26. The number of benzene rings is 1. The minimum absolute atomic E-state index is 0.0125. The van der Waals surface area contributed by atoms with Crippen LogP contribution in [-0.4, -0.2) is 62.7 Å². The topological polar surface area (TPSA) is 34.2 Å². The maximum atomic E-state index is 6.68. The van der Waals surface area contributed by atoms with E-state index < -0.39 is 0 Å². The van der Waals surface area contributed by atoms with E-state index in [1.54, 1.807) is 0 Å². The predicted octanol–water partition coefficient (Wildman–Crippen LogP) is 13.7. The second-order valence-electron chi connectivity index (χ2n) is 15.9. The van der Waals surface area contributed by atoms with Crippen LogP contribution in [0.15, 0.2) is 24.3 Å². The molecule has 0 aliphatic carbocycles. The molecular formula is C46H86N2O3. The number of hydrogen-bond donors (Lipinski definition) is 0. The molecule has 0 fully saturated rings. The highest BCUT2D eigenvalue weighted by molar-refractivity contribution is 5.39. The van der Waals surface area contributed by atoms with Crippen molar-refractivity contribution in [2.45, 2.75) is 219 Å². The molecule has 2 rings (SSSR count). The average Bonchev–Trinajstić information content (AvgIpc) is 3.18. The van der Waals surface area contributed by atoms with E-state index >= 15 is 0 Å². The molecule has 0 aromatic heterocycles. The number of hydrogen-bond acceptors (Lipinski definition) is 5. The van der Waals surface area contributed by atoms with Crippen molar-refractivity contribution in [1.82, 2.24) is 9.80 Å². The maximum Gasteiger partial charge on any atom is 0.163 e. The van der Waals surface area contributed by atoms with Gasteiger partial charge < -0.3 is 14.2 Å². The van der Waals surface area contributed by atoms with E-state index in [0.717, 1.165) is 37.4 Å². The Labute approximate surface area is 318 Å². The molecule has 5 nitrogen and oxygen atoms in total. The summed E-state index contributed by atoms with van der Waals surface area (Å²) in [4.78, 5) is 4.77. The first-order valence-electron chi connectivity index (χ1n) is 22.6. The van der Waals surface area contributed by atoms with Crippen molar-refractivity contribution in [3.63, 3.8) is 0 Å². The Morgan fingerprint density at radius 3 is 1.00 bits per heavy atom. The van der Waals surface area contributed by atoms with E-state index in [9.17, 15) is 0 Å². The molecule has 1 aliphatic heterocycles. The molecule has 0 saturated carbocycles. The zero-order valence-electron chi connectivity index (χ0n) is 34.6. The van der Waals surface area contributed by atoms with Gasteiger partial charge in [-0.1, -0.05) is 193 Å². The molecule has 1 aromatic rings. The SMILES string of the molecule is CCCCCCCCCCCCCCCCN(C)C1CCOCCC(N(C)CCCCCCCCCCCCCCCC)Oc2ccccc2O1. The smallest absolute Gasteiger partial charge is 0.163 e. The highest BCUT2D eigenvalue weighted by atomic mass is 16.6. The van der Waals surface area contributed by atoms with Crippen molar-refractivity contribution in [3.8, 4) is 11.5 Å². The third-order valence-corrected chi connectivity index (χ3v) is 11.1. The number of ether oxygens (including phenoxy) is 3. The first-order chi connectivity index (χ1) is 25.2. The van der Waals surface area contributed by atoms with Gasteiger partial charge in [0.2, 0.25) is 0 Å². The minimum atomic E-state index is -0.0125. The number of nitrogens with zero attached hydrogens (tertiary/aromatic N) is 2. The summed E-state index contributed by atoms with van der Waals surface area (Å²) < 4.78 is 19.5. The standard InChI is InChI=1S/C46H86N2O3/c1-5-7-9-11-13-15-17-19-21-23-25-27-29-33-39-47(3)45-37-41-49-42-38-46(51-44-36-32-31-35-43(44)50-45)48(4)40-34-30-28-26-24-22-20-18-16-14-12-10-8-6-2/h31-32,35-36,45-46H,5-30,33-34,37-42H2,1-4H3. The van der Waals surface area contributed by atoms with Crippen LogP contribution in [0, 0.1) is 0 Å². The zero-order chi connectivity index (χ0) is 36.5. The van der Waals surface area contributed by atoms with Crippen LogP contribution in [-0.2, 0) is 4.74 Å². The lowest BCUT2D eigenvalue weighted by Gasteiger charge is -2.30. The second-order valence-corrected chi connectivity index (χ2v) is 15.9. The molecule has 51 heavy (non-hydrogen) atoms. The van der Waals surface area contributed by atoms with Crippen LogP contribution < -0.4 is 9.47 Å². The second kappa shape index (κ2) is 33.3. The molecular weight excluding hydrogens is 629 g/mol. The molecule has 0 saturated heterocycles. The first kappa shape index (κ1) is 45.9. The molecule has 0 amide bonds. The van der Waals surface area contributed by atoms with Gasteiger partial charge in [0.1, 0.15) is 0 Å². The van der Waals surface area contributed by atoms with Gasteiger partial charge in [-0.25, -0.2) is 0 Å². The predicted molar refractivity (Wildman–Crippen MR) is 221 cm³/mol. The summed E-state index contributed by atoms with van der Waals surface area (Å²) in [5.74, 6) is 1.71. The molecule has 0 N–H and O–H groups in total. The van der Waals surface area contributed by atoms with E-state index in [1.165, 1.54) is 180 Å². The normalized spacial score (nSPS) is 16.9. The van der Waals surface area contributed by atoms with Crippen LogP contribution in [0.4, 0.5) is 0 Å². The fourth-order valence-electron chi connectivity index (χ4n) is 7.55. The molecule has 1 heterocycles. The highest BCUT2D eigenvalue weighted by Crippen LogP contribution is 2.31. The van der Waals surface area contributed by atoms with E-state index in [2.05, 4.69) is 62.0 Å². The third-order valence-electron chi connectivity index (χ3n) is 11.1. The molecule has 2 unspecified atom stereocenters. The Balaban J connectivity index is 1.62. The molecule has 1 aromatic carbocycles. The van der Waals surface area contributed by atoms with Crippen molar-refractivity contribution in [2.75, 3.05) is 40.4 Å². The first-order valence-corrected chi connectivity index (χ1v) is 22.6. The van der Waals surface area contributed by atoms with Crippen LogP contribution in [0.2, 0.25) is 0 Å². The summed E-state index contributed by atoms with van der Waals surface area (Å²) in [5, 5.41) is 0. The maximum absolute atomic E-state index is 6.68. The monoisotopic (exact) mass is 715 g/mol. The van der Waals surface area contributed by atoms with Gasteiger partial charge in [-0.15, -0.1) is 0 Å². The number of rotatable bonds is 32. The van der Waals surface area contributed by atoms with Gasteiger partial charge in [-0.05, 0) is 39.1 Å². The van der Waals surface area contributed by atoms with Gasteiger partial charge in [-0.3, -0.25) is 9.80 Å². The Hall–Kier alpha value is -1.30. The lowest BCUT2D eigenvalue weighted by Crippen LogP contribution is -2.38. The lowest BCUT2D eigenvalue weighted by molar-refractivity contribution is 0.00222. The van der Waals surface area contributed by atoms with Crippen LogP contribution >= 0.6 is 0 Å². The summed E-state index contributed by atoms with van der Waals surface area (Å²) in [6.45, 7) is 8.13. The van der Waals surface area contributed by atoms with Crippen LogP contribution in [0.5, 0.6) is 11.5 Å². The molecule has 298 valence electrons. The summed E-state index contributed by atoms with van der Waals surface area (Å²) in [6, 6.07) is 8.28. The third kappa shape index (κ3) is 24.6. The molecule has 0 spiro atoms. The summed E-state index contributed by atoms with van der Waals surface area (Å²) in [7, 11) is 4.42. The molecule has 2 atom stereocenters. The fraction of sp³-hybridized carbons (Fsp3) is 0.870. The Morgan fingerprint density at radius 2 is 0.706 bits per heavy atom. The average molecular weight is 715 g/mol. The van der Waals surface area contributed by atoms with Crippen LogP contribution in [0.25, 0.3) is 0 Å². The van der Waals surface area contributed by atoms with Gasteiger partial charge in [0.05, 0.1) is 13.2 Å². The van der Waals surface area contributed by atoms with Gasteiger partial charge in [-0.2, -0.15) is 0 Å². The summed E-state index contributed by atoms with van der Waals surface area (Å²) in [5.41, 5.74) is 0. The number of fused-ring (bicyclic) bond motifs is 1. The minimum Gasteiger partial charge on any atom is -0.471 e. The van der Waals surface area contributed by atoms with E-state index in [0.29, 0.717) is 13.2 Å². The molecule has 1 aliphatic rings. The van der Waals surface area contributed by atoms with Gasteiger partial charge >= 0.3 is 0 Å². The Morgan fingerprint density at radius 1 is 0.431 bits per heavy atom. The molecule has 0 radical (unpaired) electrons. The summed E-state index contributed by atoms with van der Waals surface area (Å²) in [6.07, 6.45) is 40.7. The van der Waals surface area contributed by atoms with E-state index in [4.69, 9.17) is 14.2 Å². The van der Waals surface area contributed by atoms with Crippen molar-refractivity contribution < 1.29 is 14.2 Å². The zero-order valence-corrected chi connectivity index (χ0v) is 34.6. The van der Waals surface area contributed by atoms with E-state index in [1.807, 2.05) is 0 Å². The van der Waals surface area contributed by atoms with Crippen LogP contribution in [0.1, 0.15) is 206 Å². The van der Waals surface area contributed by atoms with Crippen molar-refractivity contribution in [3.05, 3.63) is 24.3 Å². The number of para-hydroxylation sites is 2. The quantitative estimate of drug-likeness (QED) is 0.0694. The molecule has 0 bridgehead atoms. The largest absolute Gasteiger partial charge is 0.471 e. The molecule has 5 heteroatoms. The van der Waals surface area contributed by atoms with E-state index in [-0.39, 0.29) is 12.5 Å². The van der Waals surface area contributed by atoms with Gasteiger partial charge in [0, 0.05) is 25.9 Å². The van der Waals surface area contributed by atoms with Crippen molar-refractivity contribution >= 4 is 0 Å². The Kier molecular flexibility index (Phi) is 29.9. The Bertz CT molecular complexity index is 813. The van der Waals surface area contributed by atoms with Gasteiger partial charge in [0.25, 0.3) is 0 Å². The van der Waals surface area contributed by atoms with Crippen molar-refractivity contribution in [1.29, 1.82) is 0 Å². The fourth-order valence-corrected chi connectivity index (χ4v) is 7.55. The highest BCUT2D eigenvalue weighted by Gasteiger charge is 2.23. The van der Waals surface area contributed by atoms with Gasteiger partial charge in [0.15, 0.2) is 24.0 Å². The van der Waals surface area contributed by atoms with Crippen molar-refractivity contribution in [2.24, 2.45) is 0 Å². The van der Waals surface area contributed by atoms with Crippen LogP contribution in [0.3, 0.4) is 0 Å². The summed E-state index contributed by atoms with van der Waals surface area (Å²) >= 11 is 0.